The number of hydrogen-bond acceptors (Lipinski definition) is 4. The second-order valence-electron chi connectivity index (χ2n) is 6.18. The van der Waals surface area contributed by atoms with E-state index in [1.807, 2.05) is 0 Å². The summed E-state index contributed by atoms with van der Waals surface area (Å²) >= 11 is 0. The summed E-state index contributed by atoms with van der Waals surface area (Å²) < 4.78 is 0. The Morgan fingerprint density at radius 3 is 0.964 bits per heavy atom. The average Bonchev–Trinajstić information content (AvgIpc) is 2.64. The minimum Gasteiger partial charge on any atom is -0.481 e. The Bertz CT molecular complexity index is 761. The molecule has 0 aliphatic rings. The number of benzene rings is 2. The zero-order chi connectivity index (χ0) is 20.8. The van der Waals surface area contributed by atoms with Crippen LogP contribution in [0.2, 0.25) is 0 Å². The van der Waals surface area contributed by atoms with Gasteiger partial charge in [0.25, 0.3) is 0 Å². The summed E-state index contributed by atoms with van der Waals surface area (Å²) in [5, 5.41) is 38.2. The predicted octanol–water partition coefficient (Wildman–Crippen LogP) is 2.12. The van der Waals surface area contributed by atoms with Gasteiger partial charge in [0, 0.05) is 11.8 Å². The molecule has 4 N–H and O–H groups in total. The van der Waals surface area contributed by atoms with E-state index in [4.69, 9.17) is 0 Å². The van der Waals surface area contributed by atoms with E-state index in [-0.39, 0.29) is 11.1 Å². The molecule has 0 spiro atoms. The molecule has 8 heteroatoms. The Balaban J connectivity index is 2.81. The Hall–Kier alpha value is -3.68. The average molecular weight is 386 g/mol. The first-order chi connectivity index (χ1) is 13.3. The molecular weight excluding hydrogens is 368 g/mol. The molecule has 0 bridgehead atoms. The topological polar surface area (TPSA) is 149 Å². The summed E-state index contributed by atoms with van der Waals surface area (Å²) in [5.74, 6) is -13.7. The molecule has 146 valence electrons. The summed E-state index contributed by atoms with van der Waals surface area (Å²) in [6.45, 7) is 0. The summed E-state index contributed by atoms with van der Waals surface area (Å²) in [4.78, 5) is 47.1. The third-order valence-corrected chi connectivity index (χ3v) is 4.54. The van der Waals surface area contributed by atoms with E-state index in [1.165, 1.54) is 24.3 Å². The molecular formula is C20H18O8. The van der Waals surface area contributed by atoms with Crippen molar-refractivity contribution in [3.63, 3.8) is 0 Å². The zero-order valence-electron chi connectivity index (χ0n) is 14.5. The van der Waals surface area contributed by atoms with E-state index in [2.05, 4.69) is 0 Å². The van der Waals surface area contributed by atoms with E-state index >= 15 is 0 Å². The van der Waals surface area contributed by atoms with Crippen molar-refractivity contribution >= 4 is 23.9 Å². The number of aliphatic carboxylic acids is 4. The van der Waals surface area contributed by atoms with Crippen LogP contribution < -0.4 is 0 Å². The summed E-state index contributed by atoms with van der Waals surface area (Å²) in [5.41, 5.74) is 0.442. The van der Waals surface area contributed by atoms with Crippen LogP contribution in [0.5, 0.6) is 0 Å². The van der Waals surface area contributed by atoms with Crippen LogP contribution >= 0.6 is 0 Å². The van der Waals surface area contributed by atoms with Crippen molar-refractivity contribution in [3.05, 3.63) is 71.8 Å². The predicted molar refractivity (Wildman–Crippen MR) is 95.9 cm³/mol. The fourth-order valence-electron chi connectivity index (χ4n) is 3.39. The van der Waals surface area contributed by atoms with Gasteiger partial charge in [-0.3, -0.25) is 19.2 Å². The van der Waals surface area contributed by atoms with Gasteiger partial charge >= 0.3 is 23.9 Å². The van der Waals surface area contributed by atoms with E-state index in [0.29, 0.717) is 0 Å². The molecule has 0 radical (unpaired) electrons. The quantitative estimate of drug-likeness (QED) is 0.479. The number of carbonyl (C=O) groups is 4. The Labute approximate surface area is 159 Å². The lowest BCUT2D eigenvalue weighted by atomic mass is 9.68. The third-order valence-electron chi connectivity index (χ3n) is 4.54. The monoisotopic (exact) mass is 386 g/mol. The lowest BCUT2D eigenvalue weighted by Crippen LogP contribution is -2.40. The van der Waals surface area contributed by atoms with E-state index in [9.17, 15) is 39.6 Å². The molecule has 0 saturated carbocycles. The van der Waals surface area contributed by atoms with Crippen molar-refractivity contribution in [1.82, 2.24) is 0 Å². The minimum atomic E-state index is -2.05. The molecule has 0 saturated heterocycles. The number of carboxylic acid groups (broad SMARTS) is 4. The first kappa shape index (κ1) is 20.6. The van der Waals surface area contributed by atoms with Gasteiger partial charge in [-0.1, -0.05) is 60.7 Å². The van der Waals surface area contributed by atoms with Gasteiger partial charge in [-0.25, -0.2) is 0 Å². The highest BCUT2D eigenvalue weighted by Gasteiger charge is 2.48. The van der Waals surface area contributed by atoms with Crippen molar-refractivity contribution in [2.75, 3.05) is 0 Å². The molecule has 0 amide bonds. The highest BCUT2D eigenvalue weighted by Crippen LogP contribution is 2.44. The minimum absolute atomic E-state index is 0.221. The van der Waals surface area contributed by atoms with Gasteiger partial charge in [0.15, 0.2) is 11.8 Å². The van der Waals surface area contributed by atoms with Crippen molar-refractivity contribution in [2.24, 2.45) is 11.8 Å². The lowest BCUT2D eigenvalue weighted by molar-refractivity contribution is -0.162. The van der Waals surface area contributed by atoms with E-state index in [0.717, 1.165) is 0 Å². The van der Waals surface area contributed by atoms with Crippen molar-refractivity contribution in [2.45, 2.75) is 11.8 Å². The molecule has 0 fully saturated rings. The molecule has 0 heterocycles. The lowest BCUT2D eigenvalue weighted by Gasteiger charge is -2.33. The molecule has 8 nitrogen and oxygen atoms in total. The van der Waals surface area contributed by atoms with Crippen LogP contribution in [0, 0.1) is 11.8 Å². The smallest absolute Gasteiger partial charge is 0.318 e. The number of carboxylic acids is 4. The standard InChI is InChI=1S/C20H18O8/c21-17(22)15(18(23)24)13(11-7-3-1-4-8-11)14(12-9-5-2-6-10-12)16(19(25)26)20(27)28/h1-10,13-16H,(H,21,22)(H,23,24)(H,25,26)(H,27,28). The van der Waals surface area contributed by atoms with Gasteiger partial charge in [0.1, 0.15) is 0 Å². The van der Waals surface area contributed by atoms with Crippen LogP contribution in [0.15, 0.2) is 60.7 Å². The number of hydrogen-bond donors (Lipinski definition) is 4. The van der Waals surface area contributed by atoms with Crippen molar-refractivity contribution in [1.29, 1.82) is 0 Å². The molecule has 2 aromatic carbocycles. The largest absolute Gasteiger partial charge is 0.481 e. The maximum absolute atomic E-state index is 11.8. The van der Waals surface area contributed by atoms with Crippen LogP contribution in [-0.4, -0.2) is 44.3 Å². The molecule has 2 unspecified atom stereocenters. The third kappa shape index (κ3) is 4.35. The van der Waals surface area contributed by atoms with Crippen LogP contribution in [0.4, 0.5) is 0 Å². The summed E-state index contributed by atoms with van der Waals surface area (Å²) in [7, 11) is 0. The first-order valence-corrected chi connectivity index (χ1v) is 8.26. The SMILES string of the molecule is O=C(O)C(C(=O)O)C(c1ccccc1)C(c1ccccc1)C(C(=O)O)C(=O)O. The molecule has 2 atom stereocenters. The van der Waals surface area contributed by atoms with Crippen molar-refractivity contribution in [3.8, 4) is 0 Å². The van der Waals surface area contributed by atoms with Gasteiger partial charge in [-0.05, 0) is 11.1 Å². The van der Waals surface area contributed by atoms with Crippen LogP contribution in [0.1, 0.15) is 23.0 Å². The molecule has 0 aliphatic carbocycles. The van der Waals surface area contributed by atoms with Crippen LogP contribution in [0.25, 0.3) is 0 Å². The van der Waals surface area contributed by atoms with Crippen molar-refractivity contribution < 1.29 is 39.6 Å². The first-order valence-electron chi connectivity index (χ1n) is 8.26. The van der Waals surface area contributed by atoms with Gasteiger partial charge in [0.2, 0.25) is 0 Å². The normalized spacial score (nSPS) is 13.1. The van der Waals surface area contributed by atoms with E-state index < -0.39 is 47.5 Å². The summed E-state index contributed by atoms with van der Waals surface area (Å²) in [6.07, 6.45) is 0. The highest BCUT2D eigenvalue weighted by atomic mass is 16.4. The second kappa shape index (κ2) is 8.81. The maximum atomic E-state index is 11.8. The molecule has 0 aliphatic heterocycles. The second-order valence-corrected chi connectivity index (χ2v) is 6.18. The molecule has 2 aromatic rings. The fourth-order valence-corrected chi connectivity index (χ4v) is 3.39. The van der Waals surface area contributed by atoms with E-state index in [1.54, 1.807) is 36.4 Å². The van der Waals surface area contributed by atoms with Gasteiger partial charge < -0.3 is 20.4 Å². The number of rotatable bonds is 9. The Morgan fingerprint density at radius 2 is 0.750 bits per heavy atom. The zero-order valence-corrected chi connectivity index (χ0v) is 14.5. The van der Waals surface area contributed by atoms with Gasteiger partial charge in [-0.2, -0.15) is 0 Å². The Morgan fingerprint density at radius 1 is 0.500 bits per heavy atom. The molecule has 28 heavy (non-hydrogen) atoms. The van der Waals surface area contributed by atoms with Crippen LogP contribution in [-0.2, 0) is 19.2 Å². The fraction of sp³-hybridized carbons (Fsp3) is 0.200. The summed E-state index contributed by atoms with van der Waals surface area (Å²) in [6, 6.07) is 15.3. The van der Waals surface area contributed by atoms with Gasteiger partial charge in [0.05, 0.1) is 0 Å². The van der Waals surface area contributed by atoms with Gasteiger partial charge in [-0.15, -0.1) is 0 Å². The van der Waals surface area contributed by atoms with Crippen LogP contribution in [0.3, 0.4) is 0 Å². The highest BCUT2D eigenvalue weighted by molar-refractivity contribution is 5.97. The molecule has 0 aromatic heterocycles. The molecule has 2 rings (SSSR count). The Kier molecular flexibility index (Phi) is 6.49. The maximum Gasteiger partial charge on any atom is 0.318 e.